The maximum atomic E-state index is 5.55. The lowest BCUT2D eigenvalue weighted by Crippen LogP contribution is -2.07. The first-order valence-corrected chi connectivity index (χ1v) is 4.26. The van der Waals surface area contributed by atoms with Crippen LogP contribution in [0.15, 0.2) is 16.8 Å². The fraction of sp³-hybridized carbons (Fsp3) is 0.375. The third-order valence-corrected chi connectivity index (χ3v) is 1.92. The van der Waals surface area contributed by atoms with E-state index in [0.29, 0.717) is 17.5 Å². The van der Waals surface area contributed by atoms with E-state index in [1.54, 1.807) is 24.0 Å². The Morgan fingerprint density at radius 2 is 2.29 bits per heavy atom. The molecule has 6 nitrogen and oxygen atoms in total. The first-order valence-electron chi connectivity index (χ1n) is 4.26. The largest absolute Gasteiger partial charge is 0.423 e. The lowest BCUT2D eigenvalue weighted by atomic mass is 10.3. The van der Waals surface area contributed by atoms with Gasteiger partial charge in [0.25, 0.3) is 0 Å². The van der Waals surface area contributed by atoms with Crippen molar-refractivity contribution in [1.29, 1.82) is 0 Å². The molecule has 2 aromatic heterocycles. The molecule has 0 aliphatic carbocycles. The zero-order valence-electron chi connectivity index (χ0n) is 8.01. The molecule has 74 valence electrons. The number of rotatable bonds is 2. The third kappa shape index (κ3) is 1.46. The Labute approximate surface area is 80.7 Å². The number of aryl methyl sites for hydroxylation is 1. The maximum Gasteiger partial charge on any atom is 0.240 e. The Hall–Kier alpha value is -1.85. The van der Waals surface area contributed by atoms with Crippen molar-refractivity contribution in [3.63, 3.8) is 0 Å². The van der Waals surface area contributed by atoms with Crippen molar-refractivity contribution in [1.82, 2.24) is 20.0 Å². The molecule has 0 unspecified atom stereocenters. The summed E-state index contributed by atoms with van der Waals surface area (Å²) < 4.78 is 6.97. The minimum Gasteiger partial charge on any atom is -0.423 e. The normalized spacial score (nSPS) is 13.0. The zero-order chi connectivity index (χ0) is 10.1. The molecule has 0 bridgehead atoms. The molecule has 0 amide bonds. The predicted molar refractivity (Wildman–Crippen MR) is 49.5 cm³/mol. The number of hydrogen-bond donors (Lipinski definition) is 1. The number of aromatic nitrogens is 4. The third-order valence-electron chi connectivity index (χ3n) is 1.92. The van der Waals surface area contributed by atoms with Gasteiger partial charge in [0.05, 0.1) is 11.9 Å². The van der Waals surface area contributed by atoms with Gasteiger partial charge in [0, 0.05) is 13.1 Å². The molecule has 0 spiro atoms. The van der Waals surface area contributed by atoms with E-state index in [9.17, 15) is 0 Å². The van der Waals surface area contributed by atoms with Crippen LogP contribution in [0.5, 0.6) is 0 Å². The van der Waals surface area contributed by atoms with Gasteiger partial charge >= 0.3 is 0 Å². The Kier molecular flexibility index (Phi) is 1.95. The molecular formula is C8H11N5O. The van der Waals surface area contributed by atoms with E-state index in [1.807, 2.05) is 6.92 Å². The Bertz CT molecular complexity index is 392. The summed E-state index contributed by atoms with van der Waals surface area (Å²) in [7, 11) is 0. The molecule has 0 aliphatic heterocycles. The molecule has 14 heavy (non-hydrogen) atoms. The van der Waals surface area contributed by atoms with Gasteiger partial charge in [0.2, 0.25) is 11.8 Å². The summed E-state index contributed by atoms with van der Waals surface area (Å²) in [5.74, 6) is 1.08. The summed E-state index contributed by atoms with van der Waals surface area (Å²) in [6.45, 7) is 3.67. The van der Waals surface area contributed by atoms with Crippen LogP contribution >= 0.6 is 0 Å². The zero-order valence-corrected chi connectivity index (χ0v) is 8.01. The van der Waals surface area contributed by atoms with Crippen LogP contribution in [-0.4, -0.2) is 20.0 Å². The molecule has 2 rings (SSSR count). The molecule has 6 heteroatoms. The van der Waals surface area contributed by atoms with Gasteiger partial charge in [-0.3, -0.25) is 4.68 Å². The fourth-order valence-corrected chi connectivity index (χ4v) is 1.16. The van der Waals surface area contributed by atoms with Crippen molar-refractivity contribution in [2.45, 2.75) is 19.9 Å². The van der Waals surface area contributed by atoms with E-state index >= 15 is 0 Å². The van der Waals surface area contributed by atoms with Crippen LogP contribution < -0.4 is 5.73 Å². The van der Waals surface area contributed by atoms with Crippen molar-refractivity contribution in [2.24, 2.45) is 0 Å². The van der Waals surface area contributed by atoms with E-state index in [-0.39, 0.29) is 6.04 Å². The van der Waals surface area contributed by atoms with E-state index in [0.717, 1.165) is 0 Å². The highest BCUT2D eigenvalue weighted by atomic mass is 16.4. The molecule has 2 N–H and O–H groups in total. The highest BCUT2D eigenvalue weighted by molar-refractivity contribution is 5.30. The van der Waals surface area contributed by atoms with Crippen LogP contribution in [0, 0.1) is 6.92 Å². The van der Waals surface area contributed by atoms with Crippen molar-refractivity contribution in [2.75, 3.05) is 5.73 Å². The van der Waals surface area contributed by atoms with Gasteiger partial charge in [0.15, 0.2) is 0 Å². The topological polar surface area (TPSA) is 82.8 Å². The van der Waals surface area contributed by atoms with E-state index in [1.165, 1.54) is 0 Å². The Morgan fingerprint density at radius 3 is 2.79 bits per heavy atom. The van der Waals surface area contributed by atoms with Crippen LogP contribution in [0.2, 0.25) is 0 Å². The first-order chi connectivity index (χ1) is 6.66. The first kappa shape index (κ1) is 8.74. The lowest BCUT2D eigenvalue weighted by Gasteiger charge is -2.05. The van der Waals surface area contributed by atoms with Gasteiger partial charge in [-0.05, 0) is 6.92 Å². The quantitative estimate of drug-likeness (QED) is 0.761. The van der Waals surface area contributed by atoms with E-state index in [4.69, 9.17) is 10.2 Å². The van der Waals surface area contributed by atoms with E-state index in [2.05, 4.69) is 15.3 Å². The Morgan fingerprint density at radius 1 is 1.50 bits per heavy atom. The van der Waals surface area contributed by atoms with Crippen LogP contribution in [0.1, 0.15) is 24.7 Å². The van der Waals surface area contributed by atoms with Gasteiger partial charge in [-0.25, -0.2) is 0 Å². The number of hydrogen-bond acceptors (Lipinski definition) is 5. The molecule has 0 aromatic carbocycles. The van der Waals surface area contributed by atoms with Gasteiger partial charge in [-0.1, -0.05) is 0 Å². The van der Waals surface area contributed by atoms with Crippen molar-refractivity contribution in [3.05, 3.63) is 24.2 Å². The minimum atomic E-state index is -0.0894. The van der Waals surface area contributed by atoms with Crippen molar-refractivity contribution < 1.29 is 4.42 Å². The van der Waals surface area contributed by atoms with Gasteiger partial charge in [-0.15, -0.1) is 10.2 Å². The van der Waals surface area contributed by atoms with Crippen molar-refractivity contribution >= 4 is 5.69 Å². The number of nitrogen functional groups attached to an aromatic ring is 1. The Balaban J connectivity index is 2.28. The fourth-order valence-electron chi connectivity index (χ4n) is 1.16. The second kappa shape index (κ2) is 3.13. The predicted octanol–water partition coefficient (Wildman–Crippen LogP) is 0.766. The monoisotopic (exact) mass is 193 g/mol. The van der Waals surface area contributed by atoms with Gasteiger partial charge in [0.1, 0.15) is 6.04 Å². The highest BCUT2D eigenvalue weighted by Crippen LogP contribution is 2.16. The summed E-state index contributed by atoms with van der Waals surface area (Å²) in [6, 6.07) is -0.0894. The molecule has 0 aliphatic rings. The average Bonchev–Trinajstić information content (AvgIpc) is 2.73. The molecule has 2 aromatic rings. The van der Waals surface area contributed by atoms with Crippen LogP contribution in [0.3, 0.4) is 0 Å². The van der Waals surface area contributed by atoms with Crippen molar-refractivity contribution in [3.8, 4) is 0 Å². The van der Waals surface area contributed by atoms with Gasteiger partial charge < -0.3 is 10.2 Å². The van der Waals surface area contributed by atoms with Gasteiger partial charge in [-0.2, -0.15) is 5.10 Å². The summed E-state index contributed by atoms with van der Waals surface area (Å²) in [5.41, 5.74) is 6.17. The maximum absolute atomic E-state index is 5.55. The van der Waals surface area contributed by atoms with Crippen LogP contribution in [0.25, 0.3) is 0 Å². The minimum absolute atomic E-state index is 0.0894. The van der Waals surface area contributed by atoms with Crippen LogP contribution in [0.4, 0.5) is 5.69 Å². The summed E-state index contributed by atoms with van der Waals surface area (Å²) in [6.07, 6.45) is 3.31. The van der Waals surface area contributed by atoms with E-state index < -0.39 is 0 Å². The molecule has 0 saturated heterocycles. The summed E-state index contributed by atoms with van der Waals surface area (Å²) >= 11 is 0. The second-order valence-electron chi connectivity index (χ2n) is 3.09. The number of nitrogens with two attached hydrogens (primary N) is 1. The molecule has 2 heterocycles. The highest BCUT2D eigenvalue weighted by Gasteiger charge is 2.14. The SMILES string of the molecule is Cc1nnc([C@H](C)n2cc(N)cn2)o1. The lowest BCUT2D eigenvalue weighted by molar-refractivity contribution is 0.397. The standard InChI is InChI=1S/C8H11N5O/c1-5(8-12-11-6(2)14-8)13-4-7(9)3-10-13/h3-5H,9H2,1-2H3/t5-/m0/s1. The number of nitrogens with zero attached hydrogens (tertiary/aromatic N) is 4. The summed E-state index contributed by atoms with van der Waals surface area (Å²) in [5, 5.41) is 11.7. The summed E-state index contributed by atoms with van der Waals surface area (Å²) in [4.78, 5) is 0. The van der Waals surface area contributed by atoms with Crippen LogP contribution in [-0.2, 0) is 0 Å². The molecular weight excluding hydrogens is 182 g/mol. The average molecular weight is 193 g/mol. The molecule has 0 radical (unpaired) electrons. The molecule has 1 atom stereocenters. The number of anilines is 1. The smallest absolute Gasteiger partial charge is 0.240 e. The molecule has 0 saturated carbocycles. The second-order valence-corrected chi connectivity index (χ2v) is 3.09. The molecule has 0 fully saturated rings.